The van der Waals surface area contributed by atoms with Gasteiger partial charge in [-0.25, -0.2) is 0 Å². The van der Waals surface area contributed by atoms with Crippen molar-refractivity contribution >= 4 is 0 Å². The van der Waals surface area contributed by atoms with Crippen LogP contribution in [0.3, 0.4) is 0 Å². The van der Waals surface area contributed by atoms with E-state index in [0.717, 1.165) is 51.4 Å². The summed E-state index contributed by atoms with van der Waals surface area (Å²) in [5, 5.41) is 0. The van der Waals surface area contributed by atoms with Crippen LogP contribution < -0.4 is 0 Å². The van der Waals surface area contributed by atoms with Crippen LogP contribution in [0.15, 0.2) is 0 Å². The Morgan fingerprint density at radius 1 is 0.385 bits per heavy atom. The third-order valence-electron chi connectivity index (χ3n) is 5.34. The minimum absolute atomic E-state index is 0.719. The molecule has 0 amide bonds. The fraction of sp³-hybridized carbons (Fsp3) is 1.00. The molecule has 1 rings (SSSR count). The predicted octanol–water partition coefficient (Wildman–Crippen LogP) is 7.61. The molecule has 0 N–H and O–H groups in total. The number of unbranched alkanes of at least 4 members (excludes halogenated alkanes) is 8. The van der Waals surface area contributed by atoms with E-state index in [1.165, 1.54) is 51.4 Å². The summed E-state index contributed by atoms with van der Waals surface area (Å²) in [6.45, 7) is 8.86. The largest absolute Gasteiger partial charge is 0.234 e. The summed E-state index contributed by atoms with van der Waals surface area (Å²) >= 11 is 0. The first-order valence-electron chi connectivity index (χ1n) is 11.4. The summed E-state index contributed by atoms with van der Waals surface area (Å²) in [6, 6.07) is 0. The highest BCUT2D eigenvalue weighted by atomic mass is 17.4. The molecule has 0 atom stereocenters. The molecule has 1 saturated heterocycles. The van der Waals surface area contributed by atoms with Gasteiger partial charge in [-0.15, -0.1) is 0 Å². The molecule has 156 valence electrons. The van der Waals surface area contributed by atoms with Crippen LogP contribution in [0.4, 0.5) is 0 Å². The monoisotopic (exact) mass is 372 g/mol. The molecule has 26 heavy (non-hydrogen) atoms. The van der Waals surface area contributed by atoms with Crippen molar-refractivity contribution in [3.05, 3.63) is 0 Å². The van der Waals surface area contributed by atoms with Crippen molar-refractivity contribution < 1.29 is 19.6 Å². The summed E-state index contributed by atoms with van der Waals surface area (Å²) in [6.07, 6.45) is 17.1. The highest BCUT2D eigenvalue weighted by Crippen LogP contribution is 2.40. The van der Waals surface area contributed by atoms with Crippen LogP contribution in [0.5, 0.6) is 0 Å². The molecule has 0 aromatic rings. The molecular weight excluding hydrogens is 328 g/mol. The molecule has 4 heteroatoms. The van der Waals surface area contributed by atoms with E-state index in [4.69, 9.17) is 19.6 Å². The zero-order valence-corrected chi connectivity index (χ0v) is 17.9. The number of rotatable bonds is 16. The van der Waals surface area contributed by atoms with Gasteiger partial charge in [0.1, 0.15) is 0 Å². The molecule has 1 heterocycles. The van der Waals surface area contributed by atoms with Crippen LogP contribution in [-0.2, 0) is 19.6 Å². The lowest BCUT2D eigenvalue weighted by atomic mass is 10.00. The van der Waals surface area contributed by atoms with E-state index in [9.17, 15) is 0 Å². The van der Waals surface area contributed by atoms with Gasteiger partial charge >= 0.3 is 0 Å². The molecule has 1 aliphatic heterocycles. The lowest BCUT2D eigenvalue weighted by Gasteiger charge is -2.43. The Morgan fingerprint density at radius 2 is 0.615 bits per heavy atom. The van der Waals surface area contributed by atoms with Crippen molar-refractivity contribution in [2.24, 2.45) is 0 Å². The van der Waals surface area contributed by atoms with Crippen LogP contribution in [0.2, 0.25) is 0 Å². The molecule has 4 nitrogen and oxygen atoms in total. The minimum atomic E-state index is -0.719. The van der Waals surface area contributed by atoms with Crippen molar-refractivity contribution in [2.75, 3.05) is 0 Å². The van der Waals surface area contributed by atoms with Crippen molar-refractivity contribution in [1.82, 2.24) is 0 Å². The first-order valence-corrected chi connectivity index (χ1v) is 11.4. The zero-order chi connectivity index (χ0) is 19.1. The van der Waals surface area contributed by atoms with Gasteiger partial charge in [-0.1, -0.05) is 79.1 Å². The molecule has 0 bridgehead atoms. The van der Waals surface area contributed by atoms with Gasteiger partial charge in [0.05, 0.1) is 0 Å². The van der Waals surface area contributed by atoms with Crippen LogP contribution in [0, 0.1) is 0 Å². The van der Waals surface area contributed by atoms with E-state index in [1.807, 2.05) is 0 Å². The second kappa shape index (κ2) is 13.9. The summed E-state index contributed by atoms with van der Waals surface area (Å²) in [5.74, 6) is -1.44. The molecule has 0 saturated carbocycles. The second-order valence-corrected chi connectivity index (χ2v) is 7.98. The van der Waals surface area contributed by atoms with Crippen molar-refractivity contribution in [3.8, 4) is 0 Å². The summed E-state index contributed by atoms with van der Waals surface area (Å²) < 4.78 is 0. The standard InChI is InChI=1S/C22H44O4/c1-5-9-13-17-21(18-14-10-6-2)23-25-22(26-24-21,19-15-11-7-3)20-16-12-8-4/h5-20H2,1-4H3. The van der Waals surface area contributed by atoms with E-state index in [2.05, 4.69) is 27.7 Å². The van der Waals surface area contributed by atoms with Gasteiger partial charge in [-0.2, -0.15) is 19.6 Å². The van der Waals surface area contributed by atoms with Gasteiger partial charge in [-0.05, 0) is 25.7 Å². The van der Waals surface area contributed by atoms with Gasteiger partial charge in [0.2, 0.25) is 11.6 Å². The molecular formula is C22H44O4. The third kappa shape index (κ3) is 8.69. The molecule has 0 aromatic carbocycles. The zero-order valence-electron chi connectivity index (χ0n) is 17.9. The lowest BCUT2D eigenvalue weighted by Crippen LogP contribution is -2.51. The van der Waals surface area contributed by atoms with E-state index < -0.39 is 11.6 Å². The Kier molecular flexibility index (Phi) is 12.8. The highest BCUT2D eigenvalue weighted by molar-refractivity contribution is 4.74. The molecule has 1 aliphatic rings. The topological polar surface area (TPSA) is 36.9 Å². The first-order chi connectivity index (χ1) is 12.7. The Bertz CT molecular complexity index is 268. The first kappa shape index (κ1) is 23.9. The van der Waals surface area contributed by atoms with Gasteiger partial charge in [0, 0.05) is 25.7 Å². The van der Waals surface area contributed by atoms with E-state index >= 15 is 0 Å². The minimum Gasteiger partial charge on any atom is -0.195 e. The van der Waals surface area contributed by atoms with Crippen LogP contribution in [0.25, 0.3) is 0 Å². The lowest BCUT2D eigenvalue weighted by molar-refractivity contribution is -0.660. The third-order valence-corrected chi connectivity index (χ3v) is 5.34. The maximum atomic E-state index is 5.99. The quantitative estimate of drug-likeness (QED) is 0.206. The molecule has 0 aromatic heterocycles. The van der Waals surface area contributed by atoms with Crippen molar-refractivity contribution in [2.45, 2.75) is 142 Å². The summed E-state index contributed by atoms with van der Waals surface area (Å²) in [4.78, 5) is 24.0. The molecule has 0 spiro atoms. The molecule has 0 unspecified atom stereocenters. The molecule has 0 radical (unpaired) electrons. The summed E-state index contributed by atoms with van der Waals surface area (Å²) in [7, 11) is 0. The Balaban J connectivity index is 2.66. The van der Waals surface area contributed by atoms with Crippen LogP contribution in [-0.4, -0.2) is 11.6 Å². The Hall–Kier alpha value is -0.160. The molecule has 0 aliphatic carbocycles. The average molecular weight is 373 g/mol. The van der Waals surface area contributed by atoms with Gasteiger partial charge in [0.15, 0.2) is 0 Å². The van der Waals surface area contributed by atoms with Gasteiger partial charge < -0.3 is 0 Å². The maximum absolute atomic E-state index is 5.99. The van der Waals surface area contributed by atoms with Crippen LogP contribution >= 0.6 is 0 Å². The smallest absolute Gasteiger partial charge is 0.195 e. The van der Waals surface area contributed by atoms with E-state index in [1.54, 1.807) is 0 Å². The predicted molar refractivity (Wildman–Crippen MR) is 106 cm³/mol. The Morgan fingerprint density at radius 3 is 0.808 bits per heavy atom. The SMILES string of the molecule is CCCCCC1(CCCCC)OOC(CCCCC)(CCCCC)OO1. The van der Waals surface area contributed by atoms with Crippen LogP contribution in [0.1, 0.15) is 130 Å². The fourth-order valence-electron chi connectivity index (χ4n) is 3.49. The average Bonchev–Trinajstić information content (AvgIpc) is 2.65. The van der Waals surface area contributed by atoms with Gasteiger partial charge in [-0.3, -0.25) is 0 Å². The van der Waals surface area contributed by atoms with E-state index in [-0.39, 0.29) is 0 Å². The van der Waals surface area contributed by atoms with Crippen molar-refractivity contribution in [3.63, 3.8) is 0 Å². The fourth-order valence-corrected chi connectivity index (χ4v) is 3.49. The number of hydrogen-bond acceptors (Lipinski definition) is 4. The van der Waals surface area contributed by atoms with Crippen molar-refractivity contribution in [1.29, 1.82) is 0 Å². The molecule has 1 fully saturated rings. The summed E-state index contributed by atoms with van der Waals surface area (Å²) in [5.41, 5.74) is 0. The van der Waals surface area contributed by atoms with Gasteiger partial charge in [0.25, 0.3) is 0 Å². The highest BCUT2D eigenvalue weighted by Gasteiger charge is 2.47. The van der Waals surface area contributed by atoms with E-state index in [0.29, 0.717) is 0 Å². The normalized spacial score (nSPS) is 18.9. The number of hydrogen-bond donors (Lipinski definition) is 0. The maximum Gasteiger partial charge on any atom is 0.234 e. The Labute approximate surface area is 162 Å². The second-order valence-electron chi connectivity index (χ2n) is 7.98.